The largest absolute Gasteiger partial charge is 0.344 e. The Morgan fingerprint density at radius 1 is 1.18 bits per heavy atom. The fourth-order valence-corrected chi connectivity index (χ4v) is 3.32. The molecule has 0 aliphatic heterocycles. The minimum atomic E-state index is 0.652. The van der Waals surface area contributed by atoms with E-state index < -0.39 is 0 Å². The van der Waals surface area contributed by atoms with E-state index in [1.165, 1.54) is 42.6 Å². The van der Waals surface area contributed by atoms with Gasteiger partial charge in [0, 0.05) is 5.92 Å². The second kappa shape index (κ2) is 3.22. The Morgan fingerprint density at radius 2 is 2.00 bits per heavy atom. The highest BCUT2D eigenvalue weighted by Gasteiger charge is 2.59. The van der Waals surface area contributed by atoms with Gasteiger partial charge in [-0.25, -0.2) is 4.98 Å². The van der Waals surface area contributed by atoms with Crippen molar-refractivity contribution < 1.29 is 0 Å². The van der Waals surface area contributed by atoms with Gasteiger partial charge in [0.05, 0.1) is 17.7 Å². The number of benzene rings is 1. The maximum Gasteiger partial charge on any atom is 0.0928 e. The van der Waals surface area contributed by atoms with Crippen LogP contribution >= 0.6 is 0 Å². The standard InChI is InChI=1S/C15H16N2/c1-2-5-11(6-3-1)13-14(17-10-16-13)12-9-15(12)7-4-8-15/h1-3,5-6,10,12H,4,7-9H2,(H,16,17). The first-order chi connectivity index (χ1) is 8.39. The molecular formula is C15H16N2. The average molecular weight is 224 g/mol. The quantitative estimate of drug-likeness (QED) is 0.827. The number of hydrogen-bond acceptors (Lipinski definition) is 1. The molecule has 1 unspecified atom stereocenters. The fraction of sp³-hybridized carbons (Fsp3) is 0.400. The SMILES string of the molecule is c1ccc(-c2[nH]cnc2C2CC23CCC3)cc1. The van der Waals surface area contributed by atoms with E-state index in [1.54, 1.807) is 0 Å². The van der Waals surface area contributed by atoms with E-state index in [9.17, 15) is 0 Å². The summed E-state index contributed by atoms with van der Waals surface area (Å²) in [6, 6.07) is 10.6. The van der Waals surface area contributed by atoms with Gasteiger partial charge in [0.15, 0.2) is 0 Å². The van der Waals surface area contributed by atoms with Crippen molar-refractivity contribution in [1.82, 2.24) is 9.97 Å². The van der Waals surface area contributed by atoms with Crippen LogP contribution < -0.4 is 0 Å². The van der Waals surface area contributed by atoms with E-state index in [1.807, 2.05) is 6.33 Å². The first-order valence-electron chi connectivity index (χ1n) is 6.48. The number of aromatic amines is 1. The summed E-state index contributed by atoms with van der Waals surface area (Å²) < 4.78 is 0. The van der Waals surface area contributed by atoms with Crippen LogP contribution in [-0.2, 0) is 0 Å². The Kier molecular flexibility index (Phi) is 1.79. The molecule has 2 aliphatic rings. The van der Waals surface area contributed by atoms with Gasteiger partial charge in [-0.2, -0.15) is 0 Å². The molecular weight excluding hydrogens is 208 g/mol. The monoisotopic (exact) mass is 224 g/mol. The highest BCUT2D eigenvalue weighted by atomic mass is 14.9. The molecule has 0 radical (unpaired) electrons. The molecule has 1 N–H and O–H groups in total. The van der Waals surface area contributed by atoms with Gasteiger partial charge < -0.3 is 4.98 Å². The Bertz CT molecular complexity index is 537. The molecule has 1 aromatic heterocycles. The van der Waals surface area contributed by atoms with Crippen LogP contribution in [0.3, 0.4) is 0 Å². The number of hydrogen-bond donors (Lipinski definition) is 1. The van der Waals surface area contributed by atoms with E-state index >= 15 is 0 Å². The van der Waals surface area contributed by atoms with Gasteiger partial charge >= 0.3 is 0 Å². The highest BCUT2D eigenvalue weighted by molar-refractivity contribution is 5.63. The average Bonchev–Trinajstić information content (AvgIpc) is 2.93. The third-order valence-corrected chi connectivity index (χ3v) is 4.60. The van der Waals surface area contributed by atoms with Crippen LogP contribution in [0.4, 0.5) is 0 Å². The molecule has 86 valence electrons. The second-order valence-corrected chi connectivity index (χ2v) is 5.50. The van der Waals surface area contributed by atoms with Gasteiger partial charge in [-0.15, -0.1) is 0 Å². The second-order valence-electron chi connectivity index (χ2n) is 5.50. The van der Waals surface area contributed by atoms with Crippen molar-refractivity contribution in [1.29, 1.82) is 0 Å². The van der Waals surface area contributed by atoms with E-state index in [2.05, 4.69) is 40.3 Å². The van der Waals surface area contributed by atoms with Crippen molar-refractivity contribution in [3.8, 4) is 11.3 Å². The molecule has 2 saturated carbocycles. The molecule has 1 aromatic carbocycles. The zero-order valence-electron chi connectivity index (χ0n) is 9.82. The lowest BCUT2D eigenvalue weighted by molar-refractivity contribution is 0.276. The topological polar surface area (TPSA) is 28.7 Å². The number of imidazole rings is 1. The summed E-state index contributed by atoms with van der Waals surface area (Å²) in [6.07, 6.45) is 7.46. The summed E-state index contributed by atoms with van der Waals surface area (Å²) >= 11 is 0. The summed E-state index contributed by atoms with van der Waals surface area (Å²) in [5.41, 5.74) is 4.45. The molecule has 0 bridgehead atoms. The summed E-state index contributed by atoms with van der Waals surface area (Å²) in [5, 5.41) is 0. The smallest absolute Gasteiger partial charge is 0.0928 e. The molecule has 4 rings (SSSR count). The van der Waals surface area contributed by atoms with Gasteiger partial charge in [0.1, 0.15) is 0 Å². The lowest BCUT2D eigenvalue weighted by Gasteiger charge is -2.26. The van der Waals surface area contributed by atoms with Crippen LogP contribution in [0.1, 0.15) is 37.3 Å². The maximum atomic E-state index is 4.58. The number of nitrogens with one attached hydrogen (secondary N) is 1. The van der Waals surface area contributed by atoms with E-state index in [0.29, 0.717) is 5.41 Å². The molecule has 2 nitrogen and oxygen atoms in total. The van der Waals surface area contributed by atoms with Crippen molar-refractivity contribution in [3.63, 3.8) is 0 Å². The van der Waals surface area contributed by atoms with Gasteiger partial charge in [-0.3, -0.25) is 0 Å². The van der Waals surface area contributed by atoms with Crippen LogP contribution in [0.15, 0.2) is 36.7 Å². The minimum Gasteiger partial charge on any atom is -0.344 e. The third-order valence-electron chi connectivity index (χ3n) is 4.60. The molecule has 2 aromatic rings. The first kappa shape index (κ1) is 9.46. The molecule has 1 spiro atoms. The van der Waals surface area contributed by atoms with Crippen LogP contribution in [0.5, 0.6) is 0 Å². The summed E-state index contributed by atoms with van der Waals surface area (Å²) in [7, 11) is 0. The normalized spacial score (nSPS) is 24.6. The Hall–Kier alpha value is -1.57. The lowest BCUT2D eigenvalue weighted by atomic mass is 9.79. The van der Waals surface area contributed by atoms with Crippen molar-refractivity contribution in [2.75, 3.05) is 0 Å². The van der Waals surface area contributed by atoms with E-state index in [0.717, 1.165) is 5.92 Å². The Balaban J connectivity index is 1.72. The number of H-pyrrole nitrogens is 1. The molecule has 0 saturated heterocycles. The molecule has 2 fully saturated rings. The molecule has 2 aliphatic carbocycles. The number of aromatic nitrogens is 2. The van der Waals surface area contributed by atoms with Crippen LogP contribution in [0, 0.1) is 5.41 Å². The molecule has 1 atom stereocenters. The minimum absolute atomic E-state index is 0.652. The summed E-state index contributed by atoms with van der Waals surface area (Å²) in [4.78, 5) is 7.89. The van der Waals surface area contributed by atoms with Gasteiger partial charge in [0.25, 0.3) is 0 Å². The first-order valence-corrected chi connectivity index (χ1v) is 6.48. The molecule has 17 heavy (non-hydrogen) atoms. The Morgan fingerprint density at radius 3 is 2.65 bits per heavy atom. The van der Waals surface area contributed by atoms with Crippen molar-refractivity contribution >= 4 is 0 Å². The van der Waals surface area contributed by atoms with E-state index in [-0.39, 0.29) is 0 Å². The van der Waals surface area contributed by atoms with Crippen LogP contribution in [-0.4, -0.2) is 9.97 Å². The zero-order chi connectivity index (χ0) is 11.3. The van der Waals surface area contributed by atoms with Gasteiger partial charge in [-0.1, -0.05) is 36.8 Å². The third kappa shape index (κ3) is 1.30. The van der Waals surface area contributed by atoms with E-state index in [4.69, 9.17) is 0 Å². The molecule has 2 heteroatoms. The number of rotatable bonds is 2. The van der Waals surface area contributed by atoms with Crippen molar-refractivity contribution in [2.24, 2.45) is 5.41 Å². The number of nitrogens with zero attached hydrogens (tertiary/aromatic N) is 1. The van der Waals surface area contributed by atoms with Gasteiger partial charge in [-0.05, 0) is 30.2 Å². The van der Waals surface area contributed by atoms with Crippen LogP contribution in [0.25, 0.3) is 11.3 Å². The predicted octanol–water partition coefficient (Wildman–Crippen LogP) is 3.73. The fourth-order valence-electron chi connectivity index (χ4n) is 3.32. The van der Waals surface area contributed by atoms with Crippen molar-refractivity contribution in [2.45, 2.75) is 31.6 Å². The van der Waals surface area contributed by atoms with Gasteiger partial charge in [0.2, 0.25) is 0 Å². The highest BCUT2D eigenvalue weighted by Crippen LogP contribution is 2.70. The molecule has 0 amide bonds. The maximum absolute atomic E-state index is 4.58. The summed E-state index contributed by atoms with van der Waals surface area (Å²) in [5.74, 6) is 0.720. The summed E-state index contributed by atoms with van der Waals surface area (Å²) in [6.45, 7) is 0. The zero-order valence-corrected chi connectivity index (χ0v) is 9.82. The predicted molar refractivity (Wildman–Crippen MR) is 67.7 cm³/mol. The molecule has 1 heterocycles. The van der Waals surface area contributed by atoms with Crippen molar-refractivity contribution in [3.05, 3.63) is 42.4 Å². The lowest BCUT2D eigenvalue weighted by Crippen LogP contribution is -2.14. The Labute approximate surface area is 101 Å². The van der Waals surface area contributed by atoms with Crippen LogP contribution in [0.2, 0.25) is 0 Å².